The summed E-state index contributed by atoms with van der Waals surface area (Å²) in [4.78, 5) is 5.08. The zero-order chi connectivity index (χ0) is 12.3. The first-order valence-corrected chi connectivity index (χ1v) is 6.54. The van der Waals surface area contributed by atoms with Gasteiger partial charge < -0.3 is 5.73 Å². The summed E-state index contributed by atoms with van der Waals surface area (Å²) in [7, 11) is 0. The molecule has 0 radical (unpaired) electrons. The molecule has 0 aliphatic rings. The van der Waals surface area contributed by atoms with Gasteiger partial charge in [-0.15, -0.1) is 11.8 Å². The molecule has 1 aromatic heterocycles. The van der Waals surface area contributed by atoms with Crippen LogP contribution in [0.25, 0.3) is 0 Å². The largest absolute Gasteiger partial charge is 0.397 e. The highest BCUT2D eigenvalue weighted by molar-refractivity contribution is 7.98. The van der Waals surface area contributed by atoms with Gasteiger partial charge in [0.2, 0.25) is 0 Å². The van der Waals surface area contributed by atoms with Crippen LogP contribution in [0.3, 0.4) is 0 Å². The van der Waals surface area contributed by atoms with Gasteiger partial charge >= 0.3 is 0 Å². The number of nitrogens with two attached hydrogens (primary N) is 1. The van der Waals surface area contributed by atoms with Crippen LogP contribution in [-0.2, 0) is 5.75 Å². The SMILES string of the molecule is Cc1ccc(CSc2ccncc2N)cc1C. The molecular weight excluding hydrogens is 228 g/mol. The number of anilines is 1. The summed E-state index contributed by atoms with van der Waals surface area (Å²) in [6.07, 6.45) is 3.47. The fraction of sp³-hybridized carbons (Fsp3) is 0.214. The molecule has 0 fully saturated rings. The molecular formula is C14H16N2S. The maximum absolute atomic E-state index is 5.86. The van der Waals surface area contributed by atoms with E-state index in [4.69, 9.17) is 5.73 Å². The molecule has 2 aromatic rings. The van der Waals surface area contributed by atoms with E-state index >= 15 is 0 Å². The Morgan fingerprint density at radius 3 is 2.71 bits per heavy atom. The van der Waals surface area contributed by atoms with E-state index in [-0.39, 0.29) is 0 Å². The van der Waals surface area contributed by atoms with E-state index in [0.717, 1.165) is 16.3 Å². The quantitative estimate of drug-likeness (QED) is 0.839. The average molecular weight is 244 g/mol. The zero-order valence-electron chi connectivity index (χ0n) is 10.1. The van der Waals surface area contributed by atoms with Crippen molar-refractivity contribution in [3.8, 4) is 0 Å². The first-order chi connectivity index (χ1) is 8.16. The Bertz CT molecular complexity index is 523. The normalized spacial score (nSPS) is 10.5. The number of pyridine rings is 1. The molecule has 1 heterocycles. The van der Waals surface area contributed by atoms with Gasteiger partial charge in [0.05, 0.1) is 11.9 Å². The second-order valence-corrected chi connectivity index (χ2v) is 5.14. The van der Waals surface area contributed by atoms with Crippen molar-refractivity contribution in [2.45, 2.75) is 24.5 Å². The van der Waals surface area contributed by atoms with Crippen LogP contribution in [0.5, 0.6) is 0 Å². The number of aryl methyl sites for hydroxylation is 2. The molecule has 0 amide bonds. The average Bonchev–Trinajstić information content (AvgIpc) is 2.32. The summed E-state index contributed by atoms with van der Waals surface area (Å²) in [5, 5.41) is 0. The van der Waals surface area contributed by atoms with Gasteiger partial charge in [-0.3, -0.25) is 4.98 Å². The summed E-state index contributed by atoms with van der Waals surface area (Å²) in [6.45, 7) is 4.28. The van der Waals surface area contributed by atoms with Gasteiger partial charge in [-0.25, -0.2) is 0 Å². The van der Waals surface area contributed by atoms with E-state index in [2.05, 4.69) is 37.0 Å². The Balaban J connectivity index is 2.08. The van der Waals surface area contributed by atoms with Crippen LogP contribution in [0.1, 0.15) is 16.7 Å². The minimum Gasteiger partial charge on any atom is -0.397 e. The highest BCUT2D eigenvalue weighted by Gasteiger charge is 2.01. The molecule has 1 aromatic carbocycles. The van der Waals surface area contributed by atoms with Gasteiger partial charge in [0.1, 0.15) is 0 Å². The van der Waals surface area contributed by atoms with Gasteiger partial charge in [0.15, 0.2) is 0 Å². The van der Waals surface area contributed by atoms with E-state index < -0.39 is 0 Å². The van der Waals surface area contributed by atoms with E-state index in [0.29, 0.717) is 0 Å². The lowest BCUT2D eigenvalue weighted by Crippen LogP contribution is -1.90. The predicted octanol–water partition coefficient (Wildman–Crippen LogP) is 3.57. The van der Waals surface area contributed by atoms with Crippen LogP contribution in [0.4, 0.5) is 5.69 Å². The number of thioether (sulfide) groups is 1. The molecule has 3 heteroatoms. The third-order valence-electron chi connectivity index (χ3n) is 2.78. The van der Waals surface area contributed by atoms with Crippen LogP contribution in [0.2, 0.25) is 0 Å². The Hall–Kier alpha value is -1.48. The van der Waals surface area contributed by atoms with Crippen LogP contribution in [0.15, 0.2) is 41.6 Å². The van der Waals surface area contributed by atoms with Gasteiger partial charge in [-0.2, -0.15) is 0 Å². The molecule has 0 spiro atoms. The lowest BCUT2D eigenvalue weighted by molar-refractivity contribution is 1.26. The van der Waals surface area contributed by atoms with Crippen LogP contribution in [0, 0.1) is 13.8 Å². The Labute approximate surface area is 106 Å². The third-order valence-corrected chi connectivity index (χ3v) is 3.94. The monoisotopic (exact) mass is 244 g/mol. The van der Waals surface area contributed by atoms with Gasteiger partial charge in [-0.05, 0) is 36.6 Å². The molecule has 0 atom stereocenters. The first-order valence-electron chi connectivity index (χ1n) is 5.55. The van der Waals surface area contributed by atoms with E-state index in [1.807, 2.05) is 6.07 Å². The second kappa shape index (κ2) is 5.23. The fourth-order valence-electron chi connectivity index (χ4n) is 1.58. The number of hydrogen-bond donors (Lipinski definition) is 1. The van der Waals surface area contributed by atoms with E-state index in [1.165, 1.54) is 16.7 Å². The molecule has 17 heavy (non-hydrogen) atoms. The van der Waals surface area contributed by atoms with Crippen LogP contribution >= 0.6 is 11.8 Å². The zero-order valence-corrected chi connectivity index (χ0v) is 10.9. The molecule has 2 rings (SSSR count). The Kier molecular flexibility index (Phi) is 3.69. The number of nitrogen functional groups attached to an aromatic ring is 1. The lowest BCUT2D eigenvalue weighted by Gasteiger charge is -2.06. The minimum absolute atomic E-state index is 0.751. The Morgan fingerprint density at radius 2 is 2.00 bits per heavy atom. The summed E-state index contributed by atoms with van der Waals surface area (Å²) in [5.74, 6) is 0.940. The number of rotatable bonds is 3. The second-order valence-electron chi connectivity index (χ2n) is 4.12. The molecule has 0 saturated heterocycles. The fourth-order valence-corrected chi connectivity index (χ4v) is 2.46. The van der Waals surface area contributed by atoms with Crippen LogP contribution in [-0.4, -0.2) is 4.98 Å². The minimum atomic E-state index is 0.751. The van der Waals surface area contributed by atoms with Crippen LogP contribution < -0.4 is 5.73 Å². The van der Waals surface area contributed by atoms with E-state index in [1.54, 1.807) is 24.2 Å². The lowest BCUT2D eigenvalue weighted by atomic mass is 10.1. The van der Waals surface area contributed by atoms with Gasteiger partial charge in [-0.1, -0.05) is 18.2 Å². The van der Waals surface area contributed by atoms with Crippen molar-refractivity contribution in [1.82, 2.24) is 4.98 Å². The molecule has 88 valence electrons. The van der Waals surface area contributed by atoms with Gasteiger partial charge in [0.25, 0.3) is 0 Å². The highest BCUT2D eigenvalue weighted by atomic mass is 32.2. The smallest absolute Gasteiger partial charge is 0.0638 e. The molecule has 0 unspecified atom stereocenters. The van der Waals surface area contributed by atoms with Crippen molar-refractivity contribution < 1.29 is 0 Å². The van der Waals surface area contributed by atoms with Crippen molar-refractivity contribution in [3.05, 3.63) is 53.3 Å². The topological polar surface area (TPSA) is 38.9 Å². The summed E-state index contributed by atoms with van der Waals surface area (Å²) >= 11 is 1.75. The maximum Gasteiger partial charge on any atom is 0.0638 e. The maximum atomic E-state index is 5.86. The standard InChI is InChI=1S/C14H16N2S/c1-10-3-4-12(7-11(10)2)9-17-14-5-6-16-8-13(14)15/h3-8H,9,15H2,1-2H3. The number of nitrogens with zero attached hydrogens (tertiary/aromatic N) is 1. The molecule has 0 aliphatic heterocycles. The molecule has 0 bridgehead atoms. The summed E-state index contributed by atoms with van der Waals surface area (Å²) in [5.41, 5.74) is 10.6. The molecule has 2 nitrogen and oxygen atoms in total. The number of benzene rings is 1. The first kappa shape index (κ1) is 12.0. The summed E-state index contributed by atoms with van der Waals surface area (Å²) in [6, 6.07) is 8.54. The van der Waals surface area contributed by atoms with Crippen molar-refractivity contribution >= 4 is 17.4 Å². The van der Waals surface area contributed by atoms with Gasteiger partial charge in [0, 0.05) is 16.8 Å². The van der Waals surface area contributed by atoms with E-state index in [9.17, 15) is 0 Å². The predicted molar refractivity (Wildman–Crippen MR) is 74.1 cm³/mol. The molecule has 0 aliphatic carbocycles. The van der Waals surface area contributed by atoms with Crippen molar-refractivity contribution in [2.24, 2.45) is 0 Å². The highest BCUT2D eigenvalue weighted by Crippen LogP contribution is 2.27. The molecule has 0 saturated carbocycles. The molecule has 2 N–H and O–H groups in total. The third kappa shape index (κ3) is 3.01. The number of aromatic nitrogens is 1. The van der Waals surface area contributed by atoms with Crippen molar-refractivity contribution in [3.63, 3.8) is 0 Å². The van der Waals surface area contributed by atoms with Crippen molar-refractivity contribution in [1.29, 1.82) is 0 Å². The van der Waals surface area contributed by atoms with Crippen molar-refractivity contribution in [2.75, 3.05) is 5.73 Å². The number of hydrogen-bond acceptors (Lipinski definition) is 3. The Morgan fingerprint density at radius 1 is 1.18 bits per heavy atom. The summed E-state index contributed by atoms with van der Waals surface area (Å²) < 4.78 is 0.